The van der Waals surface area contributed by atoms with E-state index in [9.17, 15) is 4.79 Å². The lowest BCUT2D eigenvalue weighted by Gasteiger charge is -2.34. The van der Waals surface area contributed by atoms with Crippen LogP contribution in [0.2, 0.25) is 10.0 Å². The lowest BCUT2D eigenvalue weighted by molar-refractivity contribution is -0.139. The maximum atomic E-state index is 11.8. The van der Waals surface area contributed by atoms with Crippen molar-refractivity contribution in [3.63, 3.8) is 0 Å². The fourth-order valence-electron chi connectivity index (χ4n) is 2.62. The molecule has 0 atom stereocenters. The molecule has 25 heavy (non-hydrogen) atoms. The Hall–Kier alpha value is -1.28. The molecule has 9 heteroatoms. The predicted octanol–water partition coefficient (Wildman–Crippen LogP) is 2.85. The second kappa shape index (κ2) is 9.43. The van der Waals surface area contributed by atoms with Crippen LogP contribution in [0.5, 0.6) is 0 Å². The highest BCUT2D eigenvalue weighted by molar-refractivity contribution is 8.03. The summed E-state index contributed by atoms with van der Waals surface area (Å²) in [4.78, 5) is 14.0. The van der Waals surface area contributed by atoms with Gasteiger partial charge in [0.15, 0.2) is 5.70 Å². The van der Waals surface area contributed by atoms with Gasteiger partial charge in [-0.1, -0.05) is 23.2 Å². The molecule has 1 saturated heterocycles. The number of rotatable bonds is 6. The van der Waals surface area contributed by atoms with Gasteiger partial charge in [-0.05, 0) is 38.0 Å². The smallest absolute Gasteiger partial charge is 0.358 e. The number of hydrogen-bond acceptors (Lipinski definition) is 7. The molecular formula is C16H22Cl2N4O2S. The SMILES string of the molecule is CCOC(=O)/C(NN)=C(/N)SC1CCN(c2cc(Cl)ccc2Cl)CC1. The van der Waals surface area contributed by atoms with E-state index in [0.717, 1.165) is 31.6 Å². The van der Waals surface area contributed by atoms with Crippen LogP contribution in [0.1, 0.15) is 19.8 Å². The third-order valence-corrected chi connectivity index (χ3v) is 5.67. The van der Waals surface area contributed by atoms with E-state index in [-0.39, 0.29) is 17.6 Å². The van der Waals surface area contributed by atoms with Gasteiger partial charge in [-0.25, -0.2) is 4.79 Å². The molecule has 5 N–H and O–H groups in total. The Balaban J connectivity index is 1.98. The van der Waals surface area contributed by atoms with E-state index in [2.05, 4.69) is 10.3 Å². The van der Waals surface area contributed by atoms with Gasteiger partial charge in [-0.3, -0.25) is 5.84 Å². The summed E-state index contributed by atoms with van der Waals surface area (Å²) in [6.07, 6.45) is 1.80. The zero-order chi connectivity index (χ0) is 18.4. The van der Waals surface area contributed by atoms with Gasteiger partial charge in [0, 0.05) is 23.4 Å². The number of nitrogens with zero attached hydrogens (tertiary/aromatic N) is 1. The van der Waals surface area contributed by atoms with E-state index in [1.165, 1.54) is 11.8 Å². The van der Waals surface area contributed by atoms with E-state index < -0.39 is 5.97 Å². The summed E-state index contributed by atoms with van der Waals surface area (Å²) < 4.78 is 4.94. The summed E-state index contributed by atoms with van der Waals surface area (Å²) in [5, 5.41) is 1.98. The molecule has 1 aliphatic heterocycles. The highest BCUT2D eigenvalue weighted by Gasteiger charge is 2.24. The lowest BCUT2D eigenvalue weighted by Crippen LogP contribution is -2.36. The largest absolute Gasteiger partial charge is 0.461 e. The molecule has 1 aromatic rings. The van der Waals surface area contributed by atoms with Crippen molar-refractivity contribution in [1.29, 1.82) is 0 Å². The highest BCUT2D eigenvalue weighted by Crippen LogP contribution is 2.34. The minimum Gasteiger partial charge on any atom is -0.461 e. The Labute approximate surface area is 161 Å². The Morgan fingerprint density at radius 3 is 2.68 bits per heavy atom. The topological polar surface area (TPSA) is 93.6 Å². The van der Waals surface area contributed by atoms with Crippen LogP contribution in [0.4, 0.5) is 5.69 Å². The van der Waals surface area contributed by atoms with Crippen molar-refractivity contribution in [2.75, 3.05) is 24.6 Å². The number of anilines is 1. The second-order valence-corrected chi connectivity index (χ2v) is 7.69. The van der Waals surface area contributed by atoms with Crippen molar-refractivity contribution < 1.29 is 9.53 Å². The standard InChI is InChI=1S/C16H22Cl2N4O2S/c1-2-24-16(23)14(21-20)15(19)25-11-5-7-22(8-6-11)13-9-10(17)3-4-12(13)18/h3-4,9,11,21H,2,5-8,19-20H2,1H3/b15-14+. The average molecular weight is 405 g/mol. The lowest BCUT2D eigenvalue weighted by atomic mass is 10.1. The van der Waals surface area contributed by atoms with Gasteiger partial charge in [-0.15, -0.1) is 11.8 Å². The summed E-state index contributed by atoms with van der Waals surface area (Å²) in [5.74, 6) is 4.86. The molecular weight excluding hydrogens is 383 g/mol. The minimum atomic E-state index is -0.543. The van der Waals surface area contributed by atoms with E-state index in [4.69, 9.17) is 39.5 Å². The van der Waals surface area contributed by atoms with Gasteiger partial charge in [0.1, 0.15) is 0 Å². The Bertz CT molecular complexity index is 649. The van der Waals surface area contributed by atoms with E-state index >= 15 is 0 Å². The summed E-state index contributed by atoms with van der Waals surface area (Å²) in [7, 11) is 0. The van der Waals surface area contributed by atoms with Crippen LogP contribution >= 0.6 is 35.0 Å². The summed E-state index contributed by atoms with van der Waals surface area (Å²) in [6, 6.07) is 5.46. The van der Waals surface area contributed by atoms with E-state index in [1.807, 2.05) is 6.07 Å². The highest BCUT2D eigenvalue weighted by atomic mass is 35.5. The van der Waals surface area contributed by atoms with Crippen LogP contribution in [0.25, 0.3) is 0 Å². The number of nitrogens with two attached hydrogens (primary N) is 2. The van der Waals surface area contributed by atoms with Gasteiger partial charge in [0.25, 0.3) is 0 Å². The van der Waals surface area contributed by atoms with E-state index in [1.54, 1.807) is 19.1 Å². The minimum absolute atomic E-state index is 0.104. The van der Waals surface area contributed by atoms with Crippen molar-refractivity contribution in [2.24, 2.45) is 11.6 Å². The molecule has 1 fully saturated rings. The van der Waals surface area contributed by atoms with Gasteiger partial charge < -0.3 is 20.8 Å². The average Bonchev–Trinajstić information content (AvgIpc) is 2.59. The number of benzene rings is 1. The number of hydrazine groups is 1. The zero-order valence-corrected chi connectivity index (χ0v) is 16.3. The number of halogens is 2. The molecule has 0 amide bonds. The number of esters is 1. The number of nitrogens with one attached hydrogen (secondary N) is 1. The molecule has 0 unspecified atom stereocenters. The molecule has 1 aromatic carbocycles. The maximum absolute atomic E-state index is 11.8. The van der Waals surface area contributed by atoms with Crippen LogP contribution in [0, 0.1) is 0 Å². The molecule has 0 bridgehead atoms. The molecule has 0 saturated carbocycles. The zero-order valence-electron chi connectivity index (χ0n) is 13.9. The van der Waals surface area contributed by atoms with Gasteiger partial charge in [0.05, 0.1) is 22.3 Å². The Morgan fingerprint density at radius 2 is 2.08 bits per heavy atom. The first-order chi connectivity index (χ1) is 12.0. The van der Waals surface area contributed by atoms with Crippen molar-refractivity contribution in [3.8, 4) is 0 Å². The molecule has 0 spiro atoms. The molecule has 0 aliphatic carbocycles. The summed E-state index contributed by atoms with van der Waals surface area (Å²) >= 11 is 13.8. The van der Waals surface area contributed by atoms with Crippen LogP contribution < -0.4 is 21.9 Å². The van der Waals surface area contributed by atoms with E-state index in [0.29, 0.717) is 15.1 Å². The number of ether oxygens (including phenoxy) is 1. The van der Waals surface area contributed by atoms with Gasteiger partial charge in [0.2, 0.25) is 0 Å². The molecule has 0 radical (unpaired) electrons. The first-order valence-electron chi connectivity index (χ1n) is 7.96. The maximum Gasteiger partial charge on any atom is 0.358 e. The van der Waals surface area contributed by atoms with Gasteiger partial charge in [-0.2, -0.15) is 0 Å². The van der Waals surface area contributed by atoms with Crippen LogP contribution in [0.15, 0.2) is 28.9 Å². The Morgan fingerprint density at radius 1 is 1.40 bits per heavy atom. The van der Waals surface area contributed by atoms with Crippen molar-refractivity contribution in [2.45, 2.75) is 25.0 Å². The third-order valence-electron chi connectivity index (χ3n) is 3.85. The van der Waals surface area contributed by atoms with Crippen molar-refractivity contribution in [1.82, 2.24) is 5.43 Å². The summed E-state index contributed by atoms with van der Waals surface area (Å²) in [6.45, 7) is 3.65. The summed E-state index contributed by atoms with van der Waals surface area (Å²) in [5.41, 5.74) is 9.41. The van der Waals surface area contributed by atoms with Crippen LogP contribution in [-0.4, -0.2) is 30.9 Å². The molecule has 2 rings (SSSR count). The van der Waals surface area contributed by atoms with Crippen LogP contribution in [0.3, 0.4) is 0 Å². The van der Waals surface area contributed by atoms with Crippen LogP contribution in [-0.2, 0) is 9.53 Å². The quantitative estimate of drug-likeness (QED) is 0.290. The number of hydrogen-bond donors (Lipinski definition) is 3. The first kappa shape index (κ1) is 20.0. The number of carbonyl (C=O) groups excluding carboxylic acids is 1. The third kappa shape index (κ3) is 5.34. The fourth-order valence-corrected chi connectivity index (χ4v) is 4.08. The monoisotopic (exact) mass is 404 g/mol. The second-order valence-electron chi connectivity index (χ2n) is 5.50. The molecule has 1 aliphatic rings. The Kier molecular flexibility index (Phi) is 7.56. The fraction of sp³-hybridized carbons (Fsp3) is 0.438. The molecule has 1 heterocycles. The van der Waals surface area contributed by atoms with Crippen molar-refractivity contribution >= 4 is 46.6 Å². The first-order valence-corrected chi connectivity index (χ1v) is 9.60. The van der Waals surface area contributed by atoms with Crippen molar-refractivity contribution in [3.05, 3.63) is 39.0 Å². The number of carbonyl (C=O) groups is 1. The molecule has 6 nitrogen and oxygen atoms in total. The molecule has 0 aromatic heterocycles. The molecule has 138 valence electrons. The number of thioether (sulfide) groups is 1. The van der Waals surface area contributed by atoms with Gasteiger partial charge >= 0.3 is 5.97 Å². The predicted molar refractivity (Wildman–Crippen MR) is 104 cm³/mol. The normalized spacial score (nSPS) is 16.4. The number of piperidine rings is 1.